The Kier molecular flexibility index (Phi) is 2.96. The lowest BCUT2D eigenvalue weighted by atomic mass is 10.4. The highest BCUT2D eigenvalue weighted by Gasteiger charge is 2.15. The number of rotatable bonds is 2. The van der Waals surface area contributed by atoms with Crippen LogP contribution in [0.1, 0.15) is 6.92 Å². The minimum atomic E-state index is -1.16. The van der Waals surface area contributed by atoms with Gasteiger partial charge in [0.15, 0.2) is 0 Å². The molecule has 0 radical (unpaired) electrons. The van der Waals surface area contributed by atoms with Crippen molar-refractivity contribution in [1.29, 1.82) is 0 Å². The van der Waals surface area contributed by atoms with Gasteiger partial charge >= 0.3 is 0 Å². The van der Waals surface area contributed by atoms with Crippen LogP contribution in [-0.4, -0.2) is 18.3 Å². The Morgan fingerprint density at radius 3 is 1.70 bits per heavy atom. The van der Waals surface area contributed by atoms with Crippen molar-refractivity contribution in [2.24, 2.45) is 0 Å². The van der Waals surface area contributed by atoms with Gasteiger partial charge in [0.05, 0.1) is 0 Å². The van der Waals surface area contributed by atoms with Crippen LogP contribution in [0.25, 0.3) is 0 Å². The zero-order valence-corrected chi connectivity index (χ0v) is 8.10. The lowest BCUT2D eigenvalue weighted by molar-refractivity contribution is 0.185. The zero-order chi connectivity index (χ0) is 8.36. The first-order valence-electron chi connectivity index (χ1n) is 3.40. The molecule has 0 bridgehead atoms. The SMILES string of the molecule is CC(C[Si](C)(C)C)=C(O)O. The van der Waals surface area contributed by atoms with Gasteiger partial charge in [-0.2, -0.15) is 0 Å². The van der Waals surface area contributed by atoms with Gasteiger partial charge in [-0.3, -0.25) is 0 Å². The molecule has 0 unspecified atom stereocenters. The standard InChI is InChI=1S/C7H16O2Si/c1-6(7(8)9)5-10(2,3)4/h8-9H,5H2,1-4H3. The summed E-state index contributed by atoms with van der Waals surface area (Å²) < 4.78 is 0. The number of allylic oxidation sites excluding steroid dienone is 1. The topological polar surface area (TPSA) is 40.5 Å². The van der Waals surface area contributed by atoms with E-state index in [4.69, 9.17) is 10.2 Å². The van der Waals surface area contributed by atoms with Gasteiger partial charge < -0.3 is 10.2 Å². The smallest absolute Gasteiger partial charge is 0.272 e. The molecule has 0 aliphatic carbocycles. The van der Waals surface area contributed by atoms with Crippen LogP contribution in [0.4, 0.5) is 0 Å². The van der Waals surface area contributed by atoms with Crippen molar-refractivity contribution < 1.29 is 10.2 Å². The summed E-state index contributed by atoms with van der Waals surface area (Å²) in [5.41, 5.74) is 0.708. The van der Waals surface area contributed by atoms with E-state index in [0.717, 1.165) is 6.04 Å². The summed E-state index contributed by atoms with van der Waals surface area (Å²) in [6.45, 7) is 8.34. The summed E-state index contributed by atoms with van der Waals surface area (Å²) in [5.74, 6) is -0.498. The maximum absolute atomic E-state index is 8.64. The third-order valence-corrected chi connectivity index (χ3v) is 2.77. The molecule has 0 fully saturated rings. The molecule has 0 aliphatic rings. The van der Waals surface area contributed by atoms with Gasteiger partial charge in [0.1, 0.15) is 0 Å². The van der Waals surface area contributed by atoms with E-state index in [2.05, 4.69) is 19.6 Å². The van der Waals surface area contributed by atoms with E-state index in [9.17, 15) is 0 Å². The fourth-order valence-corrected chi connectivity index (χ4v) is 2.62. The maximum atomic E-state index is 8.64. The fourth-order valence-electron chi connectivity index (χ4n) is 0.875. The van der Waals surface area contributed by atoms with Crippen LogP contribution in [0.2, 0.25) is 25.7 Å². The lowest BCUT2D eigenvalue weighted by Gasteiger charge is -2.15. The van der Waals surface area contributed by atoms with Crippen LogP contribution in [0.3, 0.4) is 0 Å². The number of hydrogen-bond acceptors (Lipinski definition) is 2. The van der Waals surface area contributed by atoms with Gasteiger partial charge in [0.2, 0.25) is 0 Å². The van der Waals surface area contributed by atoms with Crippen molar-refractivity contribution in [3.63, 3.8) is 0 Å². The molecule has 0 aliphatic heterocycles. The van der Waals surface area contributed by atoms with Gasteiger partial charge in [-0.15, -0.1) is 0 Å². The first-order chi connectivity index (χ1) is 4.33. The molecule has 2 nitrogen and oxygen atoms in total. The highest BCUT2D eigenvalue weighted by atomic mass is 28.3. The summed E-state index contributed by atoms with van der Waals surface area (Å²) in [6, 6.07) is 0.856. The molecular formula is C7H16O2Si. The molecule has 0 atom stereocenters. The third-order valence-electron chi connectivity index (χ3n) is 1.18. The minimum Gasteiger partial charge on any atom is -0.481 e. The molecule has 0 rings (SSSR count). The molecule has 3 heteroatoms. The molecule has 0 spiro atoms. The van der Waals surface area contributed by atoms with Crippen LogP contribution in [0, 0.1) is 0 Å². The molecule has 0 saturated heterocycles. The van der Waals surface area contributed by atoms with E-state index < -0.39 is 14.0 Å². The van der Waals surface area contributed by atoms with Gasteiger partial charge in [-0.25, -0.2) is 0 Å². The van der Waals surface area contributed by atoms with Crippen LogP contribution in [0.5, 0.6) is 0 Å². The Morgan fingerprint density at radius 2 is 1.60 bits per heavy atom. The number of aliphatic hydroxyl groups excluding tert-OH is 1. The largest absolute Gasteiger partial charge is 0.481 e. The molecule has 10 heavy (non-hydrogen) atoms. The van der Waals surface area contributed by atoms with Gasteiger partial charge in [0, 0.05) is 13.6 Å². The number of hydrogen-bond donors (Lipinski definition) is 2. The van der Waals surface area contributed by atoms with Gasteiger partial charge in [0.25, 0.3) is 5.95 Å². The summed E-state index contributed by atoms with van der Waals surface area (Å²) in [5, 5.41) is 17.3. The molecule has 0 aromatic carbocycles. The highest BCUT2D eigenvalue weighted by molar-refractivity contribution is 6.76. The molecule has 0 aromatic rings. The van der Waals surface area contributed by atoms with E-state index >= 15 is 0 Å². The summed E-state index contributed by atoms with van der Waals surface area (Å²) in [4.78, 5) is 0. The minimum absolute atomic E-state index is 0.498. The molecule has 0 heterocycles. The normalized spacial score (nSPS) is 11.2. The lowest BCUT2D eigenvalue weighted by Crippen LogP contribution is -2.19. The summed E-state index contributed by atoms with van der Waals surface area (Å²) in [6.07, 6.45) is 0. The average molecular weight is 160 g/mol. The average Bonchev–Trinajstić information content (AvgIpc) is 1.60. The molecule has 60 valence electrons. The summed E-state index contributed by atoms with van der Waals surface area (Å²) >= 11 is 0. The van der Waals surface area contributed by atoms with Crippen molar-refractivity contribution in [2.45, 2.75) is 32.6 Å². The molecule has 0 aromatic heterocycles. The maximum Gasteiger partial charge on any atom is 0.272 e. The Balaban J connectivity index is 4.06. The quantitative estimate of drug-likeness (QED) is 0.481. The second-order valence-electron chi connectivity index (χ2n) is 3.84. The van der Waals surface area contributed by atoms with E-state index in [0.29, 0.717) is 5.57 Å². The van der Waals surface area contributed by atoms with Crippen LogP contribution in [-0.2, 0) is 0 Å². The molecule has 0 amide bonds. The fraction of sp³-hybridized carbons (Fsp3) is 0.714. The van der Waals surface area contributed by atoms with Crippen molar-refractivity contribution in [1.82, 2.24) is 0 Å². The Hall–Kier alpha value is -0.443. The van der Waals surface area contributed by atoms with Gasteiger partial charge in [-0.05, 0) is 13.0 Å². The van der Waals surface area contributed by atoms with Crippen molar-refractivity contribution in [2.75, 3.05) is 0 Å². The molecule has 0 saturated carbocycles. The predicted octanol–water partition coefficient (Wildman–Crippen LogP) is 2.67. The van der Waals surface area contributed by atoms with Crippen molar-refractivity contribution >= 4 is 8.07 Å². The first-order valence-corrected chi connectivity index (χ1v) is 7.11. The third kappa shape index (κ3) is 4.44. The Morgan fingerprint density at radius 1 is 1.20 bits per heavy atom. The highest BCUT2D eigenvalue weighted by Crippen LogP contribution is 2.16. The number of aliphatic hydroxyl groups is 2. The van der Waals surface area contributed by atoms with E-state index in [1.165, 1.54) is 0 Å². The molecule has 2 N–H and O–H groups in total. The van der Waals surface area contributed by atoms with E-state index in [1.54, 1.807) is 6.92 Å². The zero-order valence-electron chi connectivity index (χ0n) is 7.10. The summed E-state index contributed by atoms with van der Waals surface area (Å²) in [7, 11) is -1.16. The van der Waals surface area contributed by atoms with E-state index in [-0.39, 0.29) is 0 Å². The molecular weight excluding hydrogens is 144 g/mol. The Bertz CT molecular complexity index is 140. The van der Waals surface area contributed by atoms with Crippen LogP contribution in [0.15, 0.2) is 11.5 Å². The monoisotopic (exact) mass is 160 g/mol. The van der Waals surface area contributed by atoms with E-state index in [1.807, 2.05) is 0 Å². The second-order valence-corrected chi connectivity index (χ2v) is 9.32. The van der Waals surface area contributed by atoms with Crippen molar-refractivity contribution in [3.8, 4) is 0 Å². The van der Waals surface area contributed by atoms with Gasteiger partial charge in [-0.1, -0.05) is 19.6 Å². The predicted molar refractivity (Wildman–Crippen MR) is 46.1 cm³/mol. The van der Waals surface area contributed by atoms with Crippen LogP contribution >= 0.6 is 0 Å². The van der Waals surface area contributed by atoms with Crippen molar-refractivity contribution in [3.05, 3.63) is 11.5 Å². The van der Waals surface area contributed by atoms with Crippen LogP contribution < -0.4 is 0 Å². The second kappa shape index (κ2) is 3.10. The Labute approximate surface area is 63.2 Å². The first kappa shape index (κ1) is 9.56.